The Morgan fingerprint density at radius 2 is 1.69 bits per heavy atom. The van der Waals surface area contributed by atoms with Gasteiger partial charge in [0.15, 0.2) is 6.61 Å². The van der Waals surface area contributed by atoms with E-state index in [1.807, 2.05) is 12.1 Å². The molecule has 1 aliphatic rings. The first-order chi connectivity index (χ1) is 18.5. The number of alkyl halides is 3. The number of anilines is 2. The molecule has 39 heavy (non-hydrogen) atoms. The van der Waals surface area contributed by atoms with E-state index in [0.29, 0.717) is 23.0 Å². The smallest absolute Gasteiger partial charge is 0.416 e. The molecule has 0 unspecified atom stereocenters. The summed E-state index contributed by atoms with van der Waals surface area (Å²) in [6.45, 7) is 0.0519. The third kappa shape index (κ3) is 7.42. The normalized spacial score (nSPS) is 15.3. The van der Waals surface area contributed by atoms with E-state index < -0.39 is 30.2 Å². The van der Waals surface area contributed by atoms with Gasteiger partial charge in [0.1, 0.15) is 5.75 Å². The SMILES string of the molecule is O=C(COc1ccc(N2C[C@H](C(=O)NCc3ccc(Cl)cc3)CC2=O)cc1)Nc1cc(C(F)(F)F)ccc1Cl. The maximum absolute atomic E-state index is 12.9. The zero-order chi connectivity index (χ0) is 28.2. The fourth-order valence-electron chi connectivity index (χ4n) is 3.92. The van der Waals surface area contributed by atoms with E-state index in [2.05, 4.69) is 10.6 Å². The number of nitrogens with zero attached hydrogens (tertiary/aromatic N) is 1. The number of benzene rings is 3. The van der Waals surface area contributed by atoms with E-state index in [-0.39, 0.29) is 35.5 Å². The first-order valence-corrected chi connectivity index (χ1v) is 12.5. The van der Waals surface area contributed by atoms with Crippen LogP contribution in [0, 0.1) is 5.92 Å². The number of rotatable bonds is 8. The summed E-state index contributed by atoms with van der Waals surface area (Å²) in [5.74, 6) is -1.34. The molecule has 3 aromatic rings. The fraction of sp³-hybridized carbons (Fsp3) is 0.222. The van der Waals surface area contributed by atoms with Crippen LogP contribution in [-0.4, -0.2) is 30.9 Å². The number of hydrogen-bond donors (Lipinski definition) is 2. The van der Waals surface area contributed by atoms with Crippen LogP contribution in [0.3, 0.4) is 0 Å². The van der Waals surface area contributed by atoms with Crippen LogP contribution in [0.5, 0.6) is 5.75 Å². The molecule has 0 bridgehead atoms. The molecule has 2 N–H and O–H groups in total. The maximum Gasteiger partial charge on any atom is 0.416 e. The second kappa shape index (κ2) is 12.0. The van der Waals surface area contributed by atoms with Crippen LogP contribution in [0.1, 0.15) is 17.5 Å². The highest BCUT2D eigenvalue weighted by Crippen LogP contribution is 2.34. The average molecular weight is 580 g/mol. The van der Waals surface area contributed by atoms with Crippen LogP contribution >= 0.6 is 23.2 Å². The molecule has 0 spiro atoms. The van der Waals surface area contributed by atoms with E-state index in [4.69, 9.17) is 27.9 Å². The van der Waals surface area contributed by atoms with Gasteiger partial charge in [0, 0.05) is 30.2 Å². The number of carbonyl (C=O) groups is 3. The summed E-state index contributed by atoms with van der Waals surface area (Å²) in [5.41, 5.74) is 0.308. The zero-order valence-electron chi connectivity index (χ0n) is 20.2. The van der Waals surface area contributed by atoms with Crippen molar-refractivity contribution in [2.45, 2.75) is 19.1 Å². The van der Waals surface area contributed by atoms with E-state index in [1.165, 1.54) is 4.90 Å². The molecule has 12 heteroatoms. The number of amides is 3. The predicted octanol–water partition coefficient (Wildman–Crippen LogP) is 5.70. The molecule has 3 amide bonds. The molecular formula is C27H22Cl2F3N3O4. The molecule has 0 radical (unpaired) electrons. The predicted molar refractivity (Wildman–Crippen MR) is 141 cm³/mol. The van der Waals surface area contributed by atoms with Gasteiger partial charge < -0.3 is 20.3 Å². The molecule has 1 atom stereocenters. The van der Waals surface area contributed by atoms with Gasteiger partial charge >= 0.3 is 6.18 Å². The molecular weight excluding hydrogens is 558 g/mol. The molecule has 4 rings (SSSR count). The summed E-state index contributed by atoms with van der Waals surface area (Å²) in [6, 6.07) is 16.0. The Morgan fingerprint density at radius 1 is 1.00 bits per heavy atom. The Balaban J connectivity index is 1.28. The monoisotopic (exact) mass is 579 g/mol. The molecule has 0 aliphatic carbocycles. The molecule has 1 heterocycles. The fourth-order valence-corrected chi connectivity index (χ4v) is 4.21. The molecule has 7 nitrogen and oxygen atoms in total. The van der Waals surface area contributed by atoms with E-state index in [1.54, 1.807) is 36.4 Å². The summed E-state index contributed by atoms with van der Waals surface area (Å²) in [5, 5.41) is 5.69. The number of nitrogens with one attached hydrogen (secondary N) is 2. The zero-order valence-corrected chi connectivity index (χ0v) is 21.7. The minimum atomic E-state index is -4.58. The van der Waals surface area contributed by atoms with Crippen LogP contribution in [0.2, 0.25) is 10.0 Å². The number of halogens is 5. The van der Waals surface area contributed by atoms with Gasteiger partial charge in [0.05, 0.1) is 22.2 Å². The first-order valence-electron chi connectivity index (χ1n) is 11.7. The van der Waals surface area contributed by atoms with Crippen LogP contribution < -0.4 is 20.3 Å². The second-order valence-corrected chi connectivity index (χ2v) is 9.62. The van der Waals surface area contributed by atoms with Gasteiger partial charge in [-0.2, -0.15) is 13.2 Å². The number of ether oxygens (including phenoxy) is 1. The summed E-state index contributed by atoms with van der Waals surface area (Å²) in [4.78, 5) is 38.8. The minimum absolute atomic E-state index is 0.0482. The van der Waals surface area contributed by atoms with Crippen molar-refractivity contribution in [3.8, 4) is 5.75 Å². The second-order valence-electron chi connectivity index (χ2n) is 8.77. The van der Waals surface area contributed by atoms with Crippen molar-refractivity contribution in [3.05, 3.63) is 87.9 Å². The number of carbonyl (C=O) groups excluding carboxylic acids is 3. The summed E-state index contributed by atoms with van der Waals surface area (Å²) >= 11 is 11.8. The standard InChI is InChI=1S/C27H22Cl2F3N3O4/c28-19-4-1-16(2-5-19)13-33-26(38)17-11-25(37)35(14-17)20-6-8-21(9-7-20)39-15-24(36)34-23-12-18(27(30,31)32)3-10-22(23)29/h1-10,12,17H,11,13-15H2,(H,33,38)(H,34,36)/t17-/m1/s1. The van der Waals surface area contributed by atoms with Crippen molar-refractivity contribution in [2.75, 3.05) is 23.4 Å². The van der Waals surface area contributed by atoms with Crippen LogP contribution in [0.4, 0.5) is 24.5 Å². The van der Waals surface area contributed by atoms with Gasteiger partial charge in [-0.3, -0.25) is 14.4 Å². The molecule has 1 saturated heterocycles. The Bertz CT molecular complexity index is 1370. The molecule has 1 fully saturated rings. The summed E-state index contributed by atoms with van der Waals surface area (Å²) in [6.07, 6.45) is -4.51. The van der Waals surface area contributed by atoms with Gasteiger partial charge in [-0.05, 0) is 60.2 Å². The van der Waals surface area contributed by atoms with Crippen molar-refractivity contribution >= 4 is 52.3 Å². The lowest BCUT2D eigenvalue weighted by Crippen LogP contribution is -2.32. The maximum atomic E-state index is 12.9. The molecule has 204 valence electrons. The van der Waals surface area contributed by atoms with Gasteiger partial charge in [0.2, 0.25) is 11.8 Å². The highest BCUT2D eigenvalue weighted by molar-refractivity contribution is 6.33. The van der Waals surface area contributed by atoms with Crippen molar-refractivity contribution in [1.82, 2.24) is 5.32 Å². The Labute approximate surface area is 231 Å². The van der Waals surface area contributed by atoms with E-state index in [0.717, 1.165) is 23.8 Å². The minimum Gasteiger partial charge on any atom is -0.484 e. The first kappa shape index (κ1) is 28.3. The van der Waals surface area contributed by atoms with Crippen molar-refractivity contribution in [2.24, 2.45) is 5.92 Å². The molecule has 3 aromatic carbocycles. The highest BCUT2D eigenvalue weighted by Gasteiger charge is 2.35. The third-order valence-corrected chi connectivity index (χ3v) is 6.54. The van der Waals surface area contributed by atoms with Crippen LogP contribution in [-0.2, 0) is 27.1 Å². The molecule has 0 aromatic heterocycles. The van der Waals surface area contributed by atoms with Gasteiger partial charge in [-0.1, -0.05) is 35.3 Å². The van der Waals surface area contributed by atoms with Crippen molar-refractivity contribution < 1.29 is 32.3 Å². The van der Waals surface area contributed by atoms with Crippen LogP contribution in [0.25, 0.3) is 0 Å². The third-order valence-electron chi connectivity index (χ3n) is 5.96. The summed E-state index contributed by atoms with van der Waals surface area (Å²) < 4.78 is 44.2. The number of hydrogen-bond acceptors (Lipinski definition) is 4. The lowest BCUT2D eigenvalue weighted by atomic mass is 10.1. The lowest BCUT2D eigenvalue weighted by Gasteiger charge is -2.17. The highest BCUT2D eigenvalue weighted by atomic mass is 35.5. The van der Waals surface area contributed by atoms with E-state index >= 15 is 0 Å². The Morgan fingerprint density at radius 3 is 2.36 bits per heavy atom. The Hall–Kier alpha value is -3.76. The Kier molecular flexibility index (Phi) is 8.66. The van der Waals surface area contributed by atoms with Crippen LogP contribution in [0.15, 0.2) is 66.7 Å². The largest absolute Gasteiger partial charge is 0.484 e. The topological polar surface area (TPSA) is 87.7 Å². The summed E-state index contributed by atoms with van der Waals surface area (Å²) in [7, 11) is 0. The van der Waals surface area contributed by atoms with E-state index in [9.17, 15) is 27.6 Å². The quantitative estimate of drug-likeness (QED) is 0.358. The molecule has 1 aliphatic heterocycles. The van der Waals surface area contributed by atoms with Gasteiger partial charge in [0.25, 0.3) is 5.91 Å². The van der Waals surface area contributed by atoms with Crippen molar-refractivity contribution in [3.63, 3.8) is 0 Å². The van der Waals surface area contributed by atoms with Gasteiger partial charge in [-0.15, -0.1) is 0 Å². The average Bonchev–Trinajstić information content (AvgIpc) is 3.29. The van der Waals surface area contributed by atoms with Gasteiger partial charge in [-0.25, -0.2) is 0 Å². The lowest BCUT2D eigenvalue weighted by molar-refractivity contribution is -0.137. The van der Waals surface area contributed by atoms with Crippen molar-refractivity contribution in [1.29, 1.82) is 0 Å². The molecule has 0 saturated carbocycles.